The Bertz CT molecular complexity index is 1220. The van der Waals surface area contributed by atoms with Crippen LogP contribution in [-0.4, -0.2) is 83.8 Å². The van der Waals surface area contributed by atoms with E-state index in [4.69, 9.17) is 21.1 Å². The van der Waals surface area contributed by atoms with Crippen LogP contribution in [0.2, 0.25) is 5.02 Å². The molecule has 0 saturated carbocycles. The fraction of sp³-hybridized carbons (Fsp3) is 0.500. The van der Waals surface area contributed by atoms with Crippen LogP contribution in [0, 0.1) is 11.8 Å². The van der Waals surface area contributed by atoms with E-state index in [0.717, 1.165) is 0 Å². The number of amides is 3. The van der Waals surface area contributed by atoms with Crippen LogP contribution in [-0.2, 0) is 28.7 Å². The van der Waals surface area contributed by atoms with Gasteiger partial charge in [-0.25, -0.2) is 0 Å². The number of hydrogen-bond donors (Lipinski definition) is 2. The molecule has 4 heterocycles. The number of aliphatic hydroxyl groups is 1. The highest BCUT2D eigenvalue weighted by molar-refractivity contribution is 6.34. The van der Waals surface area contributed by atoms with Crippen LogP contribution in [0.5, 0.6) is 0 Å². The molecule has 39 heavy (non-hydrogen) atoms. The highest BCUT2D eigenvalue weighted by atomic mass is 35.5. The first kappa shape index (κ1) is 27.4. The molecule has 6 atom stereocenters. The highest BCUT2D eigenvalue weighted by Crippen LogP contribution is 2.55. The Morgan fingerprint density at radius 3 is 2.72 bits per heavy atom. The lowest BCUT2D eigenvalue weighted by molar-refractivity contribution is -0.158. The molecule has 1 spiro atoms. The van der Waals surface area contributed by atoms with E-state index >= 15 is 0 Å². The minimum absolute atomic E-state index is 0.113. The first-order valence-corrected chi connectivity index (χ1v) is 13.6. The van der Waals surface area contributed by atoms with Gasteiger partial charge in [0.15, 0.2) is 0 Å². The van der Waals surface area contributed by atoms with Gasteiger partial charge >= 0.3 is 5.97 Å². The Labute approximate surface area is 231 Å². The average Bonchev–Trinajstić information content (AvgIpc) is 3.55. The van der Waals surface area contributed by atoms with Gasteiger partial charge in [0, 0.05) is 26.1 Å². The van der Waals surface area contributed by atoms with Crippen LogP contribution in [0.1, 0.15) is 26.2 Å². The molecule has 3 amide bonds. The van der Waals surface area contributed by atoms with Gasteiger partial charge in [-0.2, -0.15) is 0 Å². The van der Waals surface area contributed by atoms with Gasteiger partial charge in [-0.15, -0.1) is 0 Å². The second kappa shape index (κ2) is 11.1. The van der Waals surface area contributed by atoms with Crippen LogP contribution >= 0.6 is 11.6 Å². The first-order chi connectivity index (χ1) is 18.8. The number of ether oxygens (including phenoxy) is 2. The molecule has 10 nitrogen and oxygen atoms in total. The summed E-state index contributed by atoms with van der Waals surface area (Å²) >= 11 is 6.52. The molecule has 208 valence electrons. The minimum atomic E-state index is -1.37. The molecule has 2 fully saturated rings. The normalized spacial score (nSPS) is 33.8. The van der Waals surface area contributed by atoms with Crippen LogP contribution in [0.3, 0.4) is 0 Å². The summed E-state index contributed by atoms with van der Waals surface area (Å²) in [6, 6.07) is 5.84. The van der Waals surface area contributed by atoms with Crippen molar-refractivity contribution < 1.29 is 33.8 Å². The summed E-state index contributed by atoms with van der Waals surface area (Å²) in [7, 11) is 0. The first-order valence-electron chi connectivity index (χ1n) is 13.2. The Hall–Kier alpha value is -3.21. The smallest absolute Gasteiger partial charge is 0.313 e. The van der Waals surface area contributed by atoms with E-state index in [1.165, 1.54) is 9.80 Å². The number of nitrogens with zero attached hydrogens (tertiary/aromatic N) is 2. The molecular formula is C28H32ClN3O7. The highest BCUT2D eigenvalue weighted by Gasteiger charge is 2.73. The summed E-state index contributed by atoms with van der Waals surface area (Å²) in [6.45, 7) is 1.88. The zero-order chi connectivity index (χ0) is 27.7. The largest absolute Gasteiger partial charge is 0.460 e. The molecule has 5 rings (SSSR count). The zero-order valence-corrected chi connectivity index (χ0v) is 22.4. The maximum Gasteiger partial charge on any atom is 0.313 e. The van der Waals surface area contributed by atoms with Gasteiger partial charge in [0.1, 0.15) is 23.7 Å². The fourth-order valence-electron chi connectivity index (χ4n) is 6.00. The van der Waals surface area contributed by atoms with Crippen LogP contribution < -0.4 is 10.2 Å². The third kappa shape index (κ3) is 4.85. The van der Waals surface area contributed by atoms with Crippen molar-refractivity contribution in [3.8, 4) is 0 Å². The lowest BCUT2D eigenvalue weighted by atomic mass is 9.74. The number of allylic oxidation sites excluding steroid dienone is 1. The molecule has 0 radical (unpaired) electrons. The van der Waals surface area contributed by atoms with Crippen molar-refractivity contribution in [3.05, 3.63) is 53.6 Å². The molecule has 4 aliphatic heterocycles. The third-order valence-electron chi connectivity index (χ3n) is 7.74. The molecule has 1 aromatic rings. The summed E-state index contributed by atoms with van der Waals surface area (Å²) < 4.78 is 12.0. The van der Waals surface area contributed by atoms with Crippen LogP contribution in [0.15, 0.2) is 48.6 Å². The molecule has 0 aromatic heterocycles. The van der Waals surface area contributed by atoms with Crippen molar-refractivity contribution in [2.24, 2.45) is 11.8 Å². The molecule has 4 aliphatic rings. The topological polar surface area (TPSA) is 125 Å². The second-order valence-electron chi connectivity index (χ2n) is 10.3. The number of cyclic esters (lactones) is 1. The number of carbonyl (C=O) groups is 4. The molecule has 0 aliphatic carbocycles. The van der Waals surface area contributed by atoms with Crippen molar-refractivity contribution in [3.63, 3.8) is 0 Å². The summed E-state index contributed by atoms with van der Waals surface area (Å²) in [5, 5.41) is 12.7. The lowest BCUT2D eigenvalue weighted by Crippen LogP contribution is -2.56. The van der Waals surface area contributed by atoms with Gasteiger partial charge in [-0.05, 0) is 31.9 Å². The minimum Gasteiger partial charge on any atom is -0.460 e. The molecule has 11 heteroatoms. The number of anilines is 1. The van der Waals surface area contributed by atoms with E-state index in [0.29, 0.717) is 17.1 Å². The van der Waals surface area contributed by atoms with E-state index in [2.05, 4.69) is 5.32 Å². The van der Waals surface area contributed by atoms with Gasteiger partial charge < -0.3 is 29.7 Å². The van der Waals surface area contributed by atoms with Crippen LogP contribution in [0.4, 0.5) is 5.69 Å². The predicted molar refractivity (Wildman–Crippen MR) is 142 cm³/mol. The molecule has 2 saturated heterocycles. The van der Waals surface area contributed by atoms with Crippen molar-refractivity contribution in [2.45, 2.75) is 50.0 Å². The number of hydrogen-bond acceptors (Lipinski definition) is 7. The number of carbonyl (C=O) groups excluding carboxylic acids is 4. The number of likely N-dealkylation sites (tertiary alicyclic amines) is 1. The summed E-state index contributed by atoms with van der Waals surface area (Å²) in [5.41, 5.74) is -0.910. The molecule has 2 N–H and O–H groups in total. The van der Waals surface area contributed by atoms with E-state index in [1.807, 2.05) is 6.08 Å². The van der Waals surface area contributed by atoms with Gasteiger partial charge in [0.05, 0.1) is 29.3 Å². The van der Waals surface area contributed by atoms with Crippen molar-refractivity contribution >= 4 is 41.0 Å². The molecule has 0 unspecified atom stereocenters. The van der Waals surface area contributed by atoms with E-state index in [9.17, 15) is 24.3 Å². The standard InChI is InChI=1S/C28H32ClN3O7/c1-17-16-30-21(34)10-3-2-6-13-31(19-9-5-4-8-18(19)29)26(36)24-28-12-11-20(39-28)22(27(37)38-17)23(28)25(35)32(24)14-7-15-33/h2,4-6,8-9,11-12,17,20,22-24,33H,3,7,10,13-16H2,1H3,(H,30,34)/b6-2-/t17-,20+,22-,23-,24+,28-/m0/s1. The number of para-hydroxylation sites is 1. The van der Waals surface area contributed by atoms with E-state index in [1.54, 1.807) is 49.4 Å². The van der Waals surface area contributed by atoms with Gasteiger partial charge in [0.25, 0.3) is 5.91 Å². The predicted octanol–water partition coefficient (Wildman–Crippen LogP) is 1.60. The Kier molecular flexibility index (Phi) is 7.80. The third-order valence-corrected chi connectivity index (χ3v) is 8.06. The van der Waals surface area contributed by atoms with Crippen molar-refractivity contribution in [1.29, 1.82) is 0 Å². The monoisotopic (exact) mass is 557 g/mol. The number of rotatable bonds is 4. The maximum absolute atomic E-state index is 14.5. The molecule has 5 bridgehead atoms. The van der Waals surface area contributed by atoms with Gasteiger partial charge in [-0.3, -0.25) is 19.2 Å². The number of esters is 1. The average molecular weight is 558 g/mol. The second-order valence-corrected chi connectivity index (χ2v) is 10.7. The van der Waals surface area contributed by atoms with E-state index < -0.39 is 53.5 Å². The Morgan fingerprint density at radius 2 is 1.95 bits per heavy atom. The number of benzene rings is 1. The zero-order valence-electron chi connectivity index (χ0n) is 21.6. The molecular weight excluding hydrogens is 526 g/mol. The lowest BCUT2D eigenvalue weighted by Gasteiger charge is -2.36. The van der Waals surface area contributed by atoms with E-state index in [-0.39, 0.29) is 45.0 Å². The summed E-state index contributed by atoms with van der Waals surface area (Å²) in [4.78, 5) is 57.0. The van der Waals surface area contributed by atoms with Crippen LogP contribution in [0.25, 0.3) is 0 Å². The maximum atomic E-state index is 14.5. The number of aliphatic hydroxyl groups excluding tert-OH is 1. The number of nitrogens with one attached hydrogen (secondary N) is 1. The Morgan fingerprint density at radius 1 is 1.15 bits per heavy atom. The quantitative estimate of drug-likeness (QED) is 0.425. The fourth-order valence-corrected chi connectivity index (χ4v) is 6.24. The number of halogens is 1. The molecule has 1 aromatic carbocycles. The summed E-state index contributed by atoms with van der Waals surface area (Å²) in [6.07, 6.45) is 6.62. The summed E-state index contributed by atoms with van der Waals surface area (Å²) in [5.74, 6) is -3.53. The van der Waals surface area contributed by atoms with Crippen molar-refractivity contribution in [2.75, 3.05) is 31.1 Å². The van der Waals surface area contributed by atoms with Crippen molar-refractivity contribution in [1.82, 2.24) is 10.2 Å². The van der Waals surface area contributed by atoms with Gasteiger partial charge in [-0.1, -0.05) is 48.0 Å². The Balaban J connectivity index is 1.59. The SMILES string of the molecule is C[C@H]1CNC(=O)CC/C=C\CN(c2ccccc2Cl)C(=O)[C@H]2N(CCCO)C(=O)[C@@H]3[C@@H](C(=O)O1)[C@H]1C=C[C@]32O1. The number of fused-ring (bicyclic) bond motifs is 2. The van der Waals surface area contributed by atoms with Gasteiger partial charge in [0.2, 0.25) is 11.8 Å².